The van der Waals surface area contributed by atoms with Gasteiger partial charge < -0.3 is 4.74 Å². The minimum atomic E-state index is 0.389. The van der Waals surface area contributed by atoms with Crippen molar-refractivity contribution in [3.63, 3.8) is 0 Å². The van der Waals surface area contributed by atoms with Crippen molar-refractivity contribution in [1.29, 1.82) is 0 Å². The summed E-state index contributed by atoms with van der Waals surface area (Å²) in [5.41, 5.74) is 1.40. The Hall–Kier alpha value is -1.38. The van der Waals surface area contributed by atoms with E-state index < -0.39 is 0 Å². The fourth-order valence-corrected chi connectivity index (χ4v) is 0.851. The highest BCUT2D eigenvalue weighted by molar-refractivity contribution is 5.80. The van der Waals surface area contributed by atoms with Crippen LogP contribution in [0, 0.1) is 6.92 Å². The zero-order valence-corrected chi connectivity index (χ0v) is 8.50. The second kappa shape index (κ2) is 6.17. The lowest BCUT2D eigenvalue weighted by Gasteiger charge is -2.02. The molecule has 1 rings (SSSR count). The average Bonchev–Trinajstić information content (AvgIpc) is 2.20. The third-order valence-corrected chi connectivity index (χ3v) is 1.48. The fraction of sp³-hybridized carbons (Fsp3) is 0.400. The largest absolute Gasteiger partial charge is 0.480 e. The van der Waals surface area contributed by atoms with Crippen LogP contribution in [0.25, 0.3) is 0 Å². The molecule has 72 valence electrons. The van der Waals surface area contributed by atoms with Crippen LogP contribution in [0.15, 0.2) is 12.3 Å². The van der Waals surface area contributed by atoms with E-state index in [-0.39, 0.29) is 0 Å². The number of carbonyl (C=O) groups is 1. The summed E-state index contributed by atoms with van der Waals surface area (Å²) in [6.07, 6.45) is 2.36. The lowest BCUT2D eigenvalue weighted by molar-refractivity contribution is 0.111. The highest BCUT2D eigenvalue weighted by Gasteiger charge is 2.04. The molecule has 0 unspecified atom stereocenters. The first-order chi connectivity index (χ1) is 6.29. The molecule has 0 aliphatic rings. The first-order valence-corrected chi connectivity index (χ1v) is 4.24. The van der Waals surface area contributed by atoms with Gasteiger partial charge in [-0.1, -0.05) is 13.8 Å². The molecule has 0 aliphatic carbocycles. The van der Waals surface area contributed by atoms with Crippen molar-refractivity contribution in [3.05, 3.63) is 23.4 Å². The number of aldehydes is 1. The molecule has 0 saturated carbocycles. The molecule has 0 saturated heterocycles. The van der Waals surface area contributed by atoms with Gasteiger partial charge in [-0.15, -0.1) is 0 Å². The van der Waals surface area contributed by atoms with E-state index >= 15 is 0 Å². The summed E-state index contributed by atoms with van der Waals surface area (Å²) in [4.78, 5) is 14.4. The molecule has 0 aliphatic heterocycles. The molecule has 3 heteroatoms. The predicted octanol–water partition coefficient (Wildman–Crippen LogP) is 2.24. The fourth-order valence-electron chi connectivity index (χ4n) is 0.851. The van der Waals surface area contributed by atoms with Crippen LogP contribution in [0.3, 0.4) is 0 Å². The zero-order chi connectivity index (χ0) is 10.3. The highest BCUT2D eigenvalue weighted by atomic mass is 16.5. The molecule has 13 heavy (non-hydrogen) atoms. The summed E-state index contributed by atoms with van der Waals surface area (Å²) >= 11 is 0. The van der Waals surface area contributed by atoms with E-state index in [0.717, 1.165) is 11.8 Å². The molecule has 3 nitrogen and oxygen atoms in total. The van der Waals surface area contributed by atoms with Crippen LogP contribution in [-0.2, 0) is 0 Å². The summed E-state index contributed by atoms with van der Waals surface area (Å²) in [5, 5.41) is 0. The SMILES string of the molecule is CC.COc1nccc(C)c1C=O. The van der Waals surface area contributed by atoms with Crippen molar-refractivity contribution in [2.75, 3.05) is 7.11 Å². The van der Waals surface area contributed by atoms with Crippen LogP contribution in [0.1, 0.15) is 29.8 Å². The van der Waals surface area contributed by atoms with Crippen LogP contribution in [-0.4, -0.2) is 18.4 Å². The van der Waals surface area contributed by atoms with Gasteiger partial charge in [0.05, 0.1) is 12.7 Å². The average molecular weight is 181 g/mol. The van der Waals surface area contributed by atoms with Crippen LogP contribution < -0.4 is 4.74 Å². The second-order valence-electron chi connectivity index (χ2n) is 2.17. The van der Waals surface area contributed by atoms with E-state index in [1.807, 2.05) is 20.8 Å². The van der Waals surface area contributed by atoms with Crippen molar-refractivity contribution < 1.29 is 9.53 Å². The standard InChI is InChI=1S/C8H9NO2.C2H6/c1-6-3-4-9-8(11-2)7(6)5-10;1-2/h3-5H,1-2H3;1-2H3. The molecule has 1 aromatic rings. The number of nitrogens with zero attached hydrogens (tertiary/aromatic N) is 1. The van der Waals surface area contributed by atoms with E-state index in [1.54, 1.807) is 12.3 Å². The van der Waals surface area contributed by atoms with Crippen LogP contribution >= 0.6 is 0 Å². The first-order valence-electron chi connectivity index (χ1n) is 4.24. The Labute approximate surface area is 78.8 Å². The topological polar surface area (TPSA) is 39.2 Å². The van der Waals surface area contributed by atoms with Crippen molar-refractivity contribution >= 4 is 6.29 Å². The number of ether oxygens (including phenoxy) is 1. The van der Waals surface area contributed by atoms with Gasteiger partial charge in [0.15, 0.2) is 6.29 Å². The number of hydrogen-bond acceptors (Lipinski definition) is 3. The predicted molar refractivity (Wildman–Crippen MR) is 52.3 cm³/mol. The number of pyridine rings is 1. The normalized spacial score (nSPS) is 8.31. The van der Waals surface area contributed by atoms with E-state index in [0.29, 0.717) is 11.4 Å². The van der Waals surface area contributed by atoms with Crippen molar-refractivity contribution in [2.45, 2.75) is 20.8 Å². The molecular weight excluding hydrogens is 166 g/mol. The molecule has 1 heterocycles. The zero-order valence-electron chi connectivity index (χ0n) is 8.50. The number of aryl methyl sites for hydroxylation is 1. The van der Waals surface area contributed by atoms with Gasteiger partial charge in [0.25, 0.3) is 0 Å². The Bertz CT molecular complexity index is 272. The number of methoxy groups -OCH3 is 1. The van der Waals surface area contributed by atoms with Crippen molar-refractivity contribution in [3.8, 4) is 5.88 Å². The molecule has 0 fully saturated rings. The Morgan fingerprint density at radius 1 is 1.46 bits per heavy atom. The molecule has 0 N–H and O–H groups in total. The monoisotopic (exact) mass is 181 g/mol. The Kier molecular flexibility index (Phi) is 5.52. The molecule has 0 aromatic carbocycles. The Balaban J connectivity index is 0.000000671. The smallest absolute Gasteiger partial charge is 0.224 e. The van der Waals surface area contributed by atoms with E-state index in [4.69, 9.17) is 4.74 Å². The minimum Gasteiger partial charge on any atom is -0.480 e. The maximum Gasteiger partial charge on any atom is 0.224 e. The van der Waals surface area contributed by atoms with Crippen LogP contribution in [0.4, 0.5) is 0 Å². The highest BCUT2D eigenvalue weighted by Crippen LogP contribution is 2.15. The third kappa shape index (κ3) is 2.86. The quantitative estimate of drug-likeness (QED) is 0.657. The van der Waals surface area contributed by atoms with Crippen molar-refractivity contribution in [2.24, 2.45) is 0 Å². The van der Waals surface area contributed by atoms with Gasteiger partial charge in [0.2, 0.25) is 5.88 Å². The van der Waals surface area contributed by atoms with Crippen LogP contribution in [0.2, 0.25) is 0 Å². The minimum absolute atomic E-state index is 0.389. The number of hydrogen-bond donors (Lipinski definition) is 0. The molecule has 1 aromatic heterocycles. The number of carbonyl (C=O) groups excluding carboxylic acids is 1. The lowest BCUT2D eigenvalue weighted by atomic mass is 10.2. The molecule has 0 spiro atoms. The summed E-state index contributed by atoms with van der Waals surface area (Å²) in [6.45, 7) is 5.84. The molecule has 0 atom stereocenters. The summed E-state index contributed by atoms with van der Waals surface area (Å²) in [7, 11) is 1.49. The lowest BCUT2D eigenvalue weighted by Crippen LogP contribution is -1.95. The van der Waals surface area contributed by atoms with Gasteiger partial charge in [-0.3, -0.25) is 4.79 Å². The van der Waals surface area contributed by atoms with Gasteiger partial charge >= 0.3 is 0 Å². The van der Waals surface area contributed by atoms with E-state index in [9.17, 15) is 4.79 Å². The first kappa shape index (κ1) is 11.6. The van der Waals surface area contributed by atoms with E-state index in [1.165, 1.54) is 7.11 Å². The number of aromatic nitrogens is 1. The number of rotatable bonds is 2. The Morgan fingerprint density at radius 3 is 2.46 bits per heavy atom. The van der Waals surface area contributed by atoms with Gasteiger partial charge in [0, 0.05) is 6.20 Å². The molecular formula is C10H15NO2. The third-order valence-electron chi connectivity index (χ3n) is 1.48. The van der Waals surface area contributed by atoms with Crippen molar-refractivity contribution in [1.82, 2.24) is 4.98 Å². The second-order valence-corrected chi connectivity index (χ2v) is 2.17. The summed E-state index contributed by atoms with van der Waals surface area (Å²) in [5.74, 6) is 0.389. The maximum absolute atomic E-state index is 10.5. The van der Waals surface area contributed by atoms with E-state index in [2.05, 4.69) is 4.98 Å². The molecule has 0 amide bonds. The van der Waals surface area contributed by atoms with Gasteiger partial charge in [0.1, 0.15) is 0 Å². The van der Waals surface area contributed by atoms with Gasteiger partial charge in [-0.05, 0) is 18.6 Å². The summed E-state index contributed by atoms with van der Waals surface area (Å²) < 4.78 is 4.87. The molecule has 0 bridgehead atoms. The van der Waals surface area contributed by atoms with Gasteiger partial charge in [-0.25, -0.2) is 4.98 Å². The molecule has 0 radical (unpaired) electrons. The maximum atomic E-state index is 10.5. The van der Waals surface area contributed by atoms with Gasteiger partial charge in [-0.2, -0.15) is 0 Å². The Morgan fingerprint density at radius 2 is 2.08 bits per heavy atom. The summed E-state index contributed by atoms with van der Waals surface area (Å²) in [6, 6.07) is 1.77. The van der Waals surface area contributed by atoms with Crippen LogP contribution in [0.5, 0.6) is 5.88 Å².